The van der Waals surface area contributed by atoms with Crippen LogP contribution in [0.4, 0.5) is 5.69 Å². The number of nitrogens with one attached hydrogen (secondary N) is 2. The molecule has 1 heterocycles. The highest BCUT2D eigenvalue weighted by Crippen LogP contribution is 2.17. The van der Waals surface area contributed by atoms with E-state index in [9.17, 15) is 29.6 Å². The second kappa shape index (κ2) is 6.16. The first-order valence-electron chi connectivity index (χ1n) is 6.20. The third-order valence-electron chi connectivity index (χ3n) is 3.31. The Morgan fingerprint density at radius 1 is 1.43 bits per heavy atom. The fourth-order valence-electron chi connectivity index (χ4n) is 1.81. The van der Waals surface area contributed by atoms with Crippen molar-refractivity contribution in [3.05, 3.63) is 38.3 Å². The van der Waals surface area contributed by atoms with Crippen molar-refractivity contribution in [3.8, 4) is 0 Å². The summed E-state index contributed by atoms with van der Waals surface area (Å²) in [6.07, 6.45) is 1.08. The lowest BCUT2D eigenvalue weighted by Crippen LogP contribution is -2.54. The number of pyridine rings is 1. The number of carbonyl (C=O) groups is 2. The zero-order valence-electron chi connectivity index (χ0n) is 11.5. The lowest BCUT2D eigenvalue weighted by molar-refractivity contribution is -0.385. The topological polar surface area (TPSA) is 142 Å². The summed E-state index contributed by atoms with van der Waals surface area (Å²) in [6.45, 7) is 3.16. The van der Waals surface area contributed by atoms with E-state index in [2.05, 4.69) is 10.3 Å². The Bertz CT molecular complexity index is 632. The molecule has 0 aromatic carbocycles. The van der Waals surface area contributed by atoms with E-state index in [4.69, 9.17) is 0 Å². The number of carboxylic acids is 1. The van der Waals surface area contributed by atoms with E-state index in [0.717, 1.165) is 12.3 Å². The average Bonchev–Trinajstić information content (AvgIpc) is 2.44. The molecule has 0 fully saturated rings. The number of aromatic nitrogens is 1. The summed E-state index contributed by atoms with van der Waals surface area (Å²) in [5.41, 5.74) is -3.32. The number of amides is 1. The number of rotatable bonds is 6. The minimum Gasteiger partial charge on any atom is -0.480 e. The first-order valence-corrected chi connectivity index (χ1v) is 6.20. The van der Waals surface area contributed by atoms with Crippen molar-refractivity contribution >= 4 is 17.6 Å². The zero-order chi connectivity index (χ0) is 16.2. The number of nitro groups is 1. The zero-order valence-corrected chi connectivity index (χ0v) is 11.5. The first-order chi connectivity index (χ1) is 9.77. The van der Waals surface area contributed by atoms with Crippen LogP contribution < -0.4 is 10.9 Å². The van der Waals surface area contributed by atoms with Crippen LogP contribution in [0.15, 0.2) is 17.1 Å². The van der Waals surface area contributed by atoms with Crippen LogP contribution in [0.5, 0.6) is 0 Å². The number of carboxylic acid groups (broad SMARTS) is 1. The van der Waals surface area contributed by atoms with Gasteiger partial charge in [-0.3, -0.25) is 19.7 Å². The molecule has 21 heavy (non-hydrogen) atoms. The Hall–Kier alpha value is -2.71. The van der Waals surface area contributed by atoms with Crippen molar-refractivity contribution in [2.24, 2.45) is 0 Å². The summed E-state index contributed by atoms with van der Waals surface area (Å²) in [5, 5.41) is 22.1. The lowest BCUT2D eigenvalue weighted by Gasteiger charge is -2.27. The highest BCUT2D eigenvalue weighted by molar-refractivity contribution is 5.98. The van der Waals surface area contributed by atoms with Crippen molar-refractivity contribution in [1.29, 1.82) is 0 Å². The normalized spacial score (nSPS) is 11.0. The molecule has 114 valence electrons. The van der Waals surface area contributed by atoms with Gasteiger partial charge in [-0.2, -0.15) is 0 Å². The monoisotopic (exact) mass is 297 g/mol. The summed E-state index contributed by atoms with van der Waals surface area (Å²) < 4.78 is 0. The Morgan fingerprint density at radius 2 is 2.00 bits per heavy atom. The van der Waals surface area contributed by atoms with Crippen LogP contribution in [-0.4, -0.2) is 32.4 Å². The highest BCUT2D eigenvalue weighted by Gasteiger charge is 2.37. The van der Waals surface area contributed by atoms with Crippen LogP contribution in [0.3, 0.4) is 0 Å². The fraction of sp³-hybridized carbons (Fsp3) is 0.417. The average molecular weight is 297 g/mol. The molecule has 0 saturated heterocycles. The molecule has 9 heteroatoms. The summed E-state index contributed by atoms with van der Waals surface area (Å²) in [5.74, 6) is -2.20. The minimum absolute atomic E-state index is 0.109. The van der Waals surface area contributed by atoms with Gasteiger partial charge in [0.1, 0.15) is 11.1 Å². The molecular weight excluding hydrogens is 282 g/mol. The lowest BCUT2D eigenvalue weighted by atomic mass is 9.92. The molecule has 1 aromatic rings. The third kappa shape index (κ3) is 3.25. The Morgan fingerprint density at radius 3 is 2.43 bits per heavy atom. The van der Waals surface area contributed by atoms with Gasteiger partial charge < -0.3 is 15.4 Å². The molecule has 0 atom stereocenters. The second-order valence-corrected chi connectivity index (χ2v) is 4.41. The molecule has 0 bridgehead atoms. The number of hydrogen-bond donors (Lipinski definition) is 3. The van der Waals surface area contributed by atoms with Gasteiger partial charge in [0, 0.05) is 6.07 Å². The molecule has 1 amide bonds. The number of carbonyl (C=O) groups excluding carboxylic acids is 1. The number of H-pyrrole nitrogens is 1. The second-order valence-electron chi connectivity index (χ2n) is 4.41. The molecule has 0 aliphatic carbocycles. The van der Waals surface area contributed by atoms with Crippen molar-refractivity contribution in [2.45, 2.75) is 32.2 Å². The summed E-state index contributed by atoms with van der Waals surface area (Å²) in [4.78, 5) is 46.9. The van der Waals surface area contributed by atoms with Crippen LogP contribution in [0.1, 0.15) is 37.0 Å². The molecule has 9 nitrogen and oxygen atoms in total. The van der Waals surface area contributed by atoms with Gasteiger partial charge in [0.05, 0.1) is 11.1 Å². The molecule has 0 unspecified atom stereocenters. The standard InChI is InChI=1S/C12H15N3O6/c1-3-12(4-2,11(18)19)14-10(17)8-5-7(15(20)21)6-13-9(8)16/h5-6H,3-4H2,1-2H3,(H,13,16)(H,14,17)(H,18,19). The van der Waals surface area contributed by atoms with Gasteiger partial charge in [-0.15, -0.1) is 0 Å². The minimum atomic E-state index is -1.52. The first kappa shape index (κ1) is 16.3. The van der Waals surface area contributed by atoms with Gasteiger partial charge in [-0.05, 0) is 12.8 Å². The maximum absolute atomic E-state index is 12.1. The van der Waals surface area contributed by atoms with E-state index >= 15 is 0 Å². The van der Waals surface area contributed by atoms with Crippen molar-refractivity contribution in [1.82, 2.24) is 10.3 Å². The summed E-state index contributed by atoms with van der Waals surface area (Å²) in [6, 6.07) is 0.812. The van der Waals surface area contributed by atoms with Crippen LogP contribution in [0.2, 0.25) is 0 Å². The van der Waals surface area contributed by atoms with E-state index in [1.807, 2.05) is 0 Å². The van der Waals surface area contributed by atoms with Crippen LogP contribution in [-0.2, 0) is 4.79 Å². The van der Waals surface area contributed by atoms with Crippen LogP contribution in [0.25, 0.3) is 0 Å². The number of aromatic amines is 1. The predicted molar refractivity (Wildman–Crippen MR) is 72.1 cm³/mol. The number of nitrogens with zero attached hydrogens (tertiary/aromatic N) is 1. The summed E-state index contributed by atoms with van der Waals surface area (Å²) >= 11 is 0. The van der Waals surface area contributed by atoms with Gasteiger partial charge in [-0.25, -0.2) is 4.79 Å². The Labute approximate surface area is 119 Å². The van der Waals surface area contributed by atoms with E-state index in [1.54, 1.807) is 13.8 Å². The fourth-order valence-corrected chi connectivity index (χ4v) is 1.81. The van der Waals surface area contributed by atoms with E-state index < -0.39 is 39.1 Å². The number of aliphatic carboxylic acids is 1. The highest BCUT2D eigenvalue weighted by atomic mass is 16.6. The molecule has 1 aromatic heterocycles. The summed E-state index contributed by atoms with van der Waals surface area (Å²) in [7, 11) is 0. The SMILES string of the molecule is CCC(CC)(NC(=O)c1cc([N+](=O)[O-])c[nH]c1=O)C(=O)O. The van der Waals surface area contributed by atoms with Crippen molar-refractivity contribution < 1.29 is 19.6 Å². The maximum Gasteiger partial charge on any atom is 0.329 e. The van der Waals surface area contributed by atoms with Gasteiger partial charge in [-0.1, -0.05) is 13.8 Å². The molecule has 1 rings (SSSR count). The Balaban J connectivity index is 3.20. The Kier molecular flexibility index (Phi) is 4.79. The molecule has 0 aliphatic rings. The maximum atomic E-state index is 12.1. The molecule has 3 N–H and O–H groups in total. The molecular formula is C12H15N3O6. The van der Waals surface area contributed by atoms with Gasteiger partial charge >= 0.3 is 5.97 Å². The van der Waals surface area contributed by atoms with Gasteiger partial charge in [0.15, 0.2) is 0 Å². The number of hydrogen-bond acceptors (Lipinski definition) is 5. The smallest absolute Gasteiger partial charge is 0.329 e. The van der Waals surface area contributed by atoms with Crippen LogP contribution in [0, 0.1) is 10.1 Å². The van der Waals surface area contributed by atoms with Crippen molar-refractivity contribution in [2.75, 3.05) is 0 Å². The molecule has 0 spiro atoms. The van der Waals surface area contributed by atoms with E-state index in [0.29, 0.717) is 0 Å². The molecule has 0 aliphatic heterocycles. The largest absolute Gasteiger partial charge is 0.480 e. The van der Waals surface area contributed by atoms with Crippen LogP contribution >= 0.6 is 0 Å². The predicted octanol–water partition coefficient (Wildman–Crippen LogP) is 0.656. The van der Waals surface area contributed by atoms with E-state index in [-0.39, 0.29) is 12.8 Å². The molecule has 0 saturated carbocycles. The quantitative estimate of drug-likeness (QED) is 0.520. The van der Waals surface area contributed by atoms with E-state index in [1.165, 1.54) is 0 Å². The molecule has 0 radical (unpaired) electrons. The van der Waals surface area contributed by atoms with Crippen molar-refractivity contribution in [3.63, 3.8) is 0 Å². The third-order valence-corrected chi connectivity index (χ3v) is 3.31. The van der Waals surface area contributed by atoms with Gasteiger partial charge in [0.2, 0.25) is 0 Å². The van der Waals surface area contributed by atoms with Gasteiger partial charge in [0.25, 0.3) is 17.2 Å².